The summed E-state index contributed by atoms with van der Waals surface area (Å²) in [6.07, 6.45) is 4.38. The van der Waals surface area contributed by atoms with E-state index in [1.54, 1.807) is 36.4 Å². The molecule has 1 heterocycles. The second kappa shape index (κ2) is 14.8. The maximum absolute atomic E-state index is 13.5. The van der Waals surface area contributed by atoms with Crippen molar-refractivity contribution in [1.29, 1.82) is 0 Å². The highest BCUT2D eigenvalue weighted by Gasteiger charge is 2.39. The lowest BCUT2D eigenvalue weighted by molar-refractivity contribution is -0.129. The molecule has 0 spiro atoms. The molecule has 1 saturated heterocycles. The molecule has 0 saturated carbocycles. The minimum Gasteiger partial charge on any atom is -0.414 e. The maximum Gasteiger partial charge on any atom is 0.222 e. The summed E-state index contributed by atoms with van der Waals surface area (Å²) >= 11 is 0. The number of aliphatic hydroxyl groups is 1. The molecule has 44 heavy (non-hydrogen) atoms. The van der Waals surface area contributed by atoms with Gasteiger partial charge in [-0.1, -0.05) is 87.5 Å². The Balaban J connectivity index is 1.32. The van der Waals surface area contributed by atoms with E-state index in [2.05, 4.69) is 38.8 Å². The van der Waals surface area contributed by atoms with Crippen molar-refractivity contribution in [3.63, 3.8) is 0 Å². The molecular formula is C37H48FNO4Si. The molecule has 3 aromatic rings. The Kier molecular flexibility index (Phi) is 11.3. The second-order valence-electron chi connectivity index (χ2n) is 13.7. The van der Waals surface area contributed by atoms with Crippen LogP contribution in [0, 0.1) is 5.82 Å². The first kappa shape index (κ1) is 33.8. The van der Waals surface area contributed by atoms with Crippen LogP contribution >= 0.6 is 0 Å². The lowest BCUT2D eigenvalue weighted by atomic mass is 9.98. The van der Waals surface area contributed by atoms with E-state index in [9.17, 15) is 19.1 Å². The van der Waals surface area contributed by atoms with Crippen LogP contribution in [0.5, 0.6) is 0 Å². The van der Waals surface area contributed by atoms with Gasteiger partial charge in [0.05, 0.1) is 0 Å². The smallest absolute Gasteiger partial charge is 0.222 e. The van der Waals surface area contributed by atoms with Crippen LogP contribution in [0.15, 0.2) is 78.9 Å². The number of hydrogen-bond acceptors (Lipinski definition) is 4. The molecule has 7 heteroatoms. The molecule has 1 aliphatic rings. The largest absolute Gasteiger partial charge is 0.414 e. The minimum atomic E-state index is -2.02. The highest BCUT2D eigenvalue weighted by molar-refractivity contribution is 6.74. The normalized spacial score (nSPS) is 17.1. The van der Waals surface area contributed by atoms with Gasteiger partial charge in [0.25, 0.3) is 0 Å². The predicted octanol–water partition coefficient (Wildman–Crippen LogP) is 8.08. The molecule has 3 unspecified atom stereocenters. The number of hydrogen-bond donors (Lipinski definition) is 1. The van der Waals surface area contributed by atoms with E-state index in [0.717, 1.165) is 49.7 Å². The first-order chi connectivity index (χ1) is 20.8. The van der Waals surface area contributed by atoms with E-state index in [4.69, 9.17) is 4.43 Å². The average Bonchev–Trinajstić information content (AvgIpc) is 3.35. The van der Waals surface area contributed by atoms with Gasteiger partial charge in [-0.2, -0.15) is 0 Å². The molecule has 4 rings (SSSR count). The number of likely N-dealkylation sites (tertiary alicyclic amines) is 1. The van der Waals surface area contributed by atoms with E-state index >= 15 is 0 Å². The average molecular weight is 618 g/mol. The summed E-state index contributed by atoms with van der Waals surface area (Å²) in [4.78, 5) is 27.7. The van der Waals surface area contributed by atoms with Crippen molar-refractivity contribution in [3.05, 3.63) is 107 Å². The van der Waals surface area contributed by atoms with Crippen molar-refractivity contribution < 1.29 is 23.5 Å². The Hall–Kier alpha value is -3.13. The SMILES string of the molecule is CC(C)(C)[Si](C)(C)OC(CCC1CCC(=O)N1CCCc1ccc(C(=O)C(O)c2ccccc2)cc1)Cc1ccc(F)cc1. The zero-order chi connectivity index (χ0) is 31.9. The van der Waals surface area contributed by atoms with E-state index in [-0.39, 0.29) is 34.7 Å². The molecule has 3 aromatic carbocycles. The predicted molar refractivity (Wildman–Crippen MR) is 177 cm³/mol. The molecule has 0 bridgehead atoms. The summed E-state index contributed by atoms with van der Waals surface area (Å²) in [5.74, 6) is -0.336. The summed E-state index contributed by atoms with van der Waals surface area (Å²) in [7, 11) is -2.02. The standard InChI is InChI=1S/C37H48FNO4Si/c1-37(2,3)44(4,5)43-33(26-28-15-19-31(38)20-16-28)23-21-32-22-24-34(40)39(32)25-9-10-27-13-17-30(18-14-27)36(42)35(41)29-11-7-6-8-12-29/h6-8,11-20,32-33,35,41H,9-10,21-26H2,1-5H3. The van der Waals surface area contributed by atoms with E-state index in [0.29, 0.717) is 24.1 Å². The fourth-order valence-electron chi connectivity index (χ4n) is 5.69. The number of aryl methyl sites for hydroxylation is 1. The van der Waals surface area contributed by atoms with Crippen LogP contribution in [-0.4, -0.2) is 48.7 Å². The van der Waals surface area contributed by atoms with Crippen molar-refractivity contribution >= 4 is 20.0 Å². The van der Waals surface area contributed by atoms with Gasteiger partial charge in [-0.3, -0.25) is 9.59 Å². The Morgan fingerprint density at radius 2 is 1.64 bits per heavy atom. The summed E-state index contributed by atoms with van der Waals surface area (Å²) in [5.41, 5.74) is 3.23. The first-order valence-corrected chi connectivity index (χ1v) is 18.8. The van der Waals surface area contributed by atoms with Gasteiger partial charge < -0.3 is 14.4 Å². The minimum absolute atomic E-state index is 0.0144. The fourth-order valence-corrected chi connectivity index (χ4v) is 7.08. The Morgan fingerprint density at radius 3 is 2.27 bits per heavy atom. The number of nitrogens with zero attached hydrogens (tertiary/aromatic N) is 1. The summed E-state index contributed by atoms with van der Waals surface area (Å²) in [6.45, 7) is 12.0. The molecule has 3 atom stereocenters. The molecular weight excluding hydrogens is 569 g/mol. The number of ketones is 1. The van der Waals surface area contributed by atoms with Crippen LogP contribution in [0.4, 0.5) is 4.39 Å². The van der Waals surface area contributed by atoms with Crippen LogP contribution in [0.1, 0.15) is 86.0 Å². The molecule has 5 nitrogen and oxygen atoms in total. The van der Waals surface area contributed by atoms with Gasteiger partial charge >= 0.3 is 0 Å². The van der Waals surface area contributed by atoms with Crippen molar-refractivity contribution in [2.75, 3.05) is 6.54 Å². The van der Waals surface area contributed by atoms with Gasteiger partial charge in [-0.25, -0.2) is 4.39 Å². The number of benzene rings is 3. The lowest BCUT2D eigenvalue weighted by Crippen LogP contribution is -2.45. The van der Waals surface area contributed by atoms with Crippen LogP contribution in [0.25, 0.3) is 0 Å². The Morgan fingerprint density at radius 1 is 1.00 bits per heavy atom. The van der Waals surface area contributed by atoms with Crippen LogP contribution in [0.3, 0.4) is 0 Å². The number of carbonyl (C=O) groups excluding carboxylic acids is 2. The molecule has 0 aliphatic carbocycles. The van der Waals surface area contributed by atoms with Crippen molar-refractivity contribution in [2.24, 2.45) is 0 Å². The fraction of sp³-hybridized carbons (Fsp3) is 0.459. The van der Waals surface area contributed by atoms with Gasteiger partial charge in [0.1, 0.15) is 11.9 Å². The zero-order valence-corrected chi connectivity index (χ0v) is 27.9. The van der Waals surface area contributed by atoms with Crippen LogP contribution in [0.2, 0.25) is 18.1 Å². The number of halogens is 1. The number of carbonyl (C=O) groups is 2. The molecule has 1 amide bonds. The molecule has 0 radical (unpaired) electrons. The van der Waals surface area contributed by atoms with Gasteiger partial charge in [0.15, 0.2) is 14.1 Å². The molecule has 0 aromatic heterocycles. The number of aliphatic hydroxyl groups excluding tert-OH is 1. The quantitative estimate of drug-likeness (QED) is 0.147. The highest BCUT2D eigenvalue weighted by Crippen LogP contribution is 2.38. The third-order valence-corrected chi connectivity index (χ3v) is 13.9. The second-order valence-corrected chi connectivity index (χ2v) is 18.4. The highest BCUT2D eigenvalue weighted by atomic mass is 28.4. The summed E-state index contributed by atoms with van der Waals surface area (Å²) in [6, 6.07) is 23.3. The van der Waals surface area contributed by atoms with Crippen LogP contribution in [-0.2, 0) is 22.1 Å². The number of amides is 1. The lowest BCUT2D eigenvalue weighted by Gasteiger charge is -2.40. The molecule has 1 N–H and O–H groups in total. The topological polar surface area (TPSA) is 66.8 Å². The zero-order valence-electron chi connectivity index (χ0n) is 26.9. The van der Waals surface area contributed by atoms with E-state index in [1.807, 2.05) is 30.3 Å². The maximum atomic E-state index is 13.5. The summed E-state index contributed by atoms with van der Waals surface area (Å²) < 4.78 is 20.4. The Labute approximate surface area is 263 Å². The van der Waals surface area contributed by atoms with Gasteiger partial charge in [-0.05, 0) is 85.5 Å². The van der Waals surface area contributed by atoms with Crippen LogP contribution < -0.4 is 0 Å². The molecule has 236 valence electrons. The van der Waals surface area contributed by atoms with E-state index in [1.165, 1.54) is 12.1 Å². The first-order valence-electron chi connectivity index (χ1n) is 15.9. The molecule has 1 fully saturated rings. The van der Waals surface area contributed by atoms with Gasteiger partial charge in [0.2, 0.25) is 5.91 Å². The Bertz CT molecular complexity index is 1370. The van der Waals surface area contributed by atoms with Gasteiger partial charge in [-0.15, -0.1) is 0 Å². The summed E-state index contributed by atoms with van der Waals surface area (Å²) in [5, 5.41) is 10.6. The number of Topliss-reactive ketones (excluding diaryl/α,β-unsaturated/α-hetero) is 1. The van der Waals surface area contributed by atoms with Crippen molar-refractivity contribution in [2.45, 2.75) is 102 Å². The van der Waals surface area contributed by atoms with Crippen molar-refractivity contribution in [1.82, 2.24) is 4.90 Å². The van der Waals surface area contributed by atoms with Crippen molar-refractivity contribution in [3.8, 4) is 0 Å². The molecule has 1 aliphatic heterocycles. The van der Waals surface area contributed by atoms with E-state index < -0.39 is 14.4 Å². The van der Waals surface area contributed by atoms with Gasteiger partial charge in [0, 0.05) is 30.7 Å². The number of rotatable bonds is 14. The monoisotopic (exact) mass is 617 g/mol. The third-order valence-electron chi connectivity index (χ3n) is 9.39. The third kappa shape index (κ3) is 8.96.